The standard InChI is InChI=1S/C25H30N2O4S/c1-15-11-16(2)24(17(3)12-15)26-23(28)9-10-32(30,31)21-7-8-22-20(14-21)13-18(4)27(22)25(29)19-5-6-19/h7-8,11-12,14,18-19H,5-6,9-10,13H2,1-4H3,(H,26,28). The van der Waals surface area contributed by atoms with Crippen molar-refractivity contribution in [3.05, 3.63) is 52.6 Å². The number of sulfone groups is 1. The number of hydrogen-bond donors (Lipinski definition) is 1. The van der Waals surface area contributed by atoms with Gasteiger partial charge in [-0.15, -0.1) is 0 Å². The molecule has 1 heterocycles. The van der Waals surface area contributed by atoms with Crippen molar-refractivity contribution in [1.29, 1.82) is 0 Å². The summed E-state index contributed by atoms with van der Waals surface area (Å²) < 4.78 is 25.8. The molecule has 32 heavy (non-hydrogen) atoms. The maximum absolute atomic E-state index is 12.9. The predicted molar refractivity (Wildman–Crippen MR) is 126 cm³/mol. The Labute approximate surface area is 189 Å². The van der Waals surface area contributed by atoms with E-state index in [0.717, 1.165) is 46.5 Å². The van der Waals surface area contributed by atoms with Gasteiger partial charge in [0.25, 0.3) is 0 Å². The summed E-state index contributed by atoms with van der Waals surface area (Å²) in [4.78, 5) is 27.1. The molecule has 0 saturated heterocycles. The molecule has 0 aromatic heterocycles. The van der Waals surface area contributed by atoms with Gasteiger partial charge in [0.1, 0.15) is 0 Å². The molecule has 1 saturated carbocycles. The Balaban J connectivity index is 1.45. The third-order valence-electron chi connectivity index (χ3n) is 6.33. The summed E-state index contributed by atoms with van der Waals surface area (Å²) in [5.74, 6) is -0.321. The van der Waals surface area contributed by atoms with Crippen molar-refractivity contribution in [3.63, 3.8) is 0 Å². The third kappa shape index (κ3) is 4.44. The van der Waals surface area contributed by atoms with E-state index >= 15 is 0 Å². The number of anilines is 2. The zero-order chi connectivity index (χ0) is 23.2. The number of rotatable bonds is 6. The summed E-state index contributed by atoms with van der Waals surface area (Å²) in [7, 11) is -3.62. The Bertz CT molecular complexity index is 1180. The first kappa shape index (κ1) is 22.5. The summed E-state index contributed by atoms with van der Waals surface area (Å²) in [6.07, 6.45) is 2.40. The lowest BCUT2D eigenvalue weighted by Gasteiger charge is -2.22. The molecule has 2 aromatic rings. The first-order chi connectivity index (χ1) is 15.1. The normalized spacial score (nSPS) is 17.9. The van der Waals surface area contributed by atoms with Gasteiger partial charge in [-0.1, -0.05) is 17.7 Å². The number of nitrogens with zero attached hydrogens (tertiary/aromatic N) is 1. The van der Waals surface area contributed by atoms with Gasteiger partial charge >= 0.3 is 0 Å². The molecule has 1 N–H and O–H groups in total. The van der Waals surface area contributed by atoms with Crippen molar-refractivity contribution < 1.29 is 18.0 Å². The molecule has 1 unspecified atom stereocenters. The van der Waals surface area contributed by atoms with Crippen molar-refractivity contribution in [2.75, 3.05) is 16.0 Å². The number of carbonyl (C=O) groups excluding carboxylic acids is 2. The van der Waals surface area contributed by atoms with E-state index in [1.807, 2.05) is 44.7 Å². The molecule has 0 bridgehead atoms. The van der Waals surface area contributed by atoms with Crippen LogP contribution in [0.1, 0.15) is 48.4 Å². The fourth-order valence-corrected chi connectivity index (χ4v) is 5.87. The molecular formula is C25H30N2O4S. The van der Waals surface area contributed by atoms with Gasteiger partial charge in [-0.2, -0.15) is 0 Å². The second kappa shape index (κ2) is 8.35. The lowest BCUT2D eigenvalue weighted by atomic mass is 10.1. The van der Waals surface area contributed by atoms with Crippen LogP contribution >= 0.6 is 0 Å². The SMILES string of the molecule is Cc1cc(C)c(NC(=O)CCS(=O)(=O)c2ccc3c(c2)CC(C)N3C(=O)C2CC2)c(C)c1. The fourth-order valence-electron chi connectivity index (χ4n) is 4.59. The highest BCUT2D eigenvalue weighted by molar-refractivity contribution is 7.91. The second-order valence-corrected chi connectivity index (χ2v) is 11.3. The van der Waals surface area contributed by atoms with Crippen LogP contribution in [0.15, 0.2) is 35.2 Å². The van der Waals surface area contributed by atoms with Crippen LogP contribution < -0.4 is 10.2 Å². The first-order valence-electron chi connectivity index (χ1n) is 11.1. The molecule has 0 spiro atoms. The number of nitrogens with one attached hydrogen (secondary N) is 1. The van der Waals surface area contributed by atoms with Crippen LogP contribution in [0, 0.1) is 26.7 Å². The van der Waals surface area contributed by atoms with Crippen molar-refractivity contribution in [3.8, 4) is 0 Å². The number of carbonyl (C=O) groups is 2. The van der Waals surface area contributed by atoms with Crippen LogP contribution in [0.5, 0.6) is 0 Å². The molecule has 7 heteroatoms. The molecule has 4 rings (SSSR count). The highest BCUT2D eigenvalue weighted by Crippen LogP contribution is 2.39. The lowest BCUT2D eigenvalue weighted by Crippen LogP contribution is -2.36. The van der Waals surface area contributed by atoms with Crippen molar-refractivity contribution in [2.24, 2.45) is 5.92 Å². The number of hydrogen-bond acceptors (Lipinski definition) is 4. The monoisotopic (exact) mass is 454 g/mol. The van der Waals surface area contributed by atoms with Gasteiger partial charge < -0.3 is 10.2 Å². The van der Waals surface area contributed by atoms with Crippen LogP contribution in [-0.2, 0) is 25.8 Å². The minimum Gasteiger partial charge on any atom is -0.326 e. The van der Waals surface area contributed by atoms with Crippen molar-refractivity contribution in [1.82, 2.24) is 0 Å². The molecule has 1 atom stereocenters. The van der Waals surface area contributed by atoms with Gasteiger partial charge in [-0.25, -0.2) is 8.42 Å². The molecule has 170 valence electrons. The number of benzene rings is 2. The molecule has 2 aliphatic rings. The van der Waals surface area contributed by atoms with E-state index in [9.17, 15) is 18.0 Å². The van der Waals surface area contributed by atoms with Crippen molar-refractivity contribution >= 4 is 33.0 Å². The molecule has 6 nitrogen and oxygen atoms in total. The average Bonchev–Trinajstić information content (AvgIpc) is 3.50. The summed E-state index contributed by atoms with van der Waals surface area (Å²) in [6.45, 7) is 7.84. The van der Waals surface area contributed by atoms with Crippen LogP contribution in [-0.4, -0.2) is 32.0 Å². The molecule has 1 aliphatic carbocycles. The zero-order valence-electron chi connectivity index (χ0n) is 19.1. The van der Waals surface area contributed by atoms with E-state index in [1.54, 1.807) is 18.2 Å². The Morgan fingerprint density at radius 3 is 2.34 bits per heavy atom. The molecule has 0 radical (unpaired) electrons. The Hall–Kier alpha value is -2.67. The van der Waals surface area contributed by atoms with E-state index < -0.39 is 9.84 Å². The maximum atomic E-state index is 12.9. The maximum Gasteiger partial charge on any atom is 0.230 e. The van der Waals surface area contributed by atoms with E-state index in [-0.39, 0.29) is 40.8 Å². The molecule has 1 fully saturated rings. The summed E-state index contributed by atoms with van der Waals surface area (Å²) >= 11 is 0. The Kier molecular flexibility index (Phi) is 5.88. The van der Waals surface area contributed by atoms with E-state index in [4.69, 9.17) is 0 Å². The Morgan fingerprint density at radius 2 is 1.72 bits per heavy atom. The largest absolute Gasteiger partial charge is 0.326 e. The average molecular weight is 455 g/mol. The van der Waals surface area contributed by atoms with E-state index in [1.165, 1.54) is 0 Å². The molecule has 2 amide bonds. The molecular weight excluding hydrogens is 424 g/mol. The summed E-state index contributed by atoms with van der Waals surface area (Å²) in [5.41, 5.74) is 5.46. The van der Waals surface area contributed by atoms with Crippen LogP contribution in [0.3, 0.4) is 0 Å². The van der Waals surface area contributed by atoms with Gasteiger partial charge in [0.2, 0.25) is 11.8 Å². The van der Waals surface area contributed by atoms with E-state index in [2.05, 4.69) is 5.32 Å². The molecule has 2 aromatic carbocycles. The summed E-state index contributed by atoms with van der Waals surface area (Å²) in [6, 6.07) is 8.98. The fraction of sp³-hybridized carbons (Fsp3) is 0.440. The van der Waals surface area contributed by atoms with Gasteiger partial charge in [0, 0.05) is 29.8 Å². The number of aryl methyl sites for hydroxylation is 3. The number of amides is 2. The zero-order valence-corrected chi connectivity index (χ0v) is 19.9. The minimum atomic E-state index is -3.62. The first-order valence-corrected chi connectivity index (χ1v) is 12.8. The van der Waals surface area contributed by atoms with E-state index in [0.29, 0.717) is 6.42 Å². The van der Waals surface area contributed by atoms with Gasteiger partial charge in [0.05, 0.1) is 10.6 Å². The van der Waals surface area contributed by atoms with Gasteiger partial charge in [-0.05, 0) is 81.8 Å². The van der Waals surface area contributed by atoms with Gasteiger partial charge in [0.15, 0.2) is 9.84 Å². The van der Waals surface area contributed by atoms with Crippen molar-refractivity contribution in [2.45, 2.75) is 64.3 Å². The topological polar surface area (TPSA) is 83.6 Å². The summed E-state index contributed by atoms with van der Waals surface area (Å²) in [5, 5.41) is 2.86. The van der Waals surface area contributed by atoms with Crippen LogP contribution in [0.2, 0.25) is 0 Å². The minimum absolute atomic E-state index is 0.0304. The Morgan fingerprint density at radius 1 is 1.06 bits per heavy atom. The predicted octanol–water partition coefficient (Wildman–Crippen LogP) is 4.10. The smallest absolute Gasteiger partial charge is 0.230 e. The van der Waals surface area contributed by atoms with Crippen LogP contribution in [0.4, 0.5) is 11.4 Å². The molecule has 1 aliphatic heterocycles. The van der Waals surface area contributed by atoms with Crippen LogP contribution in [0.25, 0.3) is 0 Å². The lowest BCUT2D eigenvalue weighted by molar-refractivity contribution is -0.120. The van der Waals surface area contributed by atoms with Gasteiger partial charge in [-0.3, -0.25) is 9.59 Å². The highest BCUT2D eigenvalue weighted by atomic mass is 32.2. The quantitative estimate of drug-likeness (QED) is 0.712. The third-order valence-corrected chi connectivity index (χ3v) is 8.04. The highest BCUT2D eigenvalue weighted by Gasteiger charge is 2.39. The number of fused-ring (bicyclic) bond motifs is 1. The second-order valence-electron chi connectivity index (χ2n) is 9.22.